The second-order valence-corrected chi connectivity index (χ2v) is 6.67. The second kappa shape index (κ2) is 8.77. The summed E-state index contributed by atoms with van der Waals surface area (Å²) in [5.41, 5.74) is 6.43. The average molecular weight is 411 g/mol. The Bertz CT molecular complexity index is 846. The van der Waals surface area contributed by atoms with E-state index < -0.39 is 43.2 Å². The van der Waals surface area contributed by atoms with Crippen molar-refractivity contribution in [3.8, 4) is 0 Å². The van der Waals surface area contributed by atoms with E-state index in [0.717, 1.165) is 11.0 Å². The molecule has 0 aliphatic carbocycles. The lowest BCUT2D eigenvalue weighted by Gasteiger charge is -2.40. The molecule has 3 rings (SSSR count). The Hall–Kier alpha value is -2.35. The van der Waals surface area contributed by atoms with E-state index in [1.165, 1.54) is 0 Å². The van der Waals surface area contributed by atoms with E-state index in [-0.39, 0.29) is 11.7 Å². The molecule has 152 valence electrons. The molecule has 0 spiro atoms. The number of hydrazine groups is 1. The first-order valence-corrected chi connectivity index (χ1v) is 8.87. The number of carbonyl (C=O) groups excluding carboxylic acids is 1. The molecule has 2 heterocycles. The maximum absolute atomic E-state index is 12.1. The standard InChI is InChI=1S/C16H21N5O6S/c22-6-10-12(24)13(25)14(26)15(27-10)18-16(28)20-19-11(23)5-21-7-17-8-3-1-2-4-9(8)21/h1-4,7,10,12-15,22,24-26H,5-6H2,(H,19,23)(H2,18,20,28)/t10-,12-,13+,14-,15-/m1/s1. The molecule has 1 aliphatic heterocycles. The summed E-state index contributed by atoms with van der Waals surface area (Å²) in [6.45, 7) is -0.560. The number of aliphatic hydroxyl groups is 4. The SMILES string of the molecule is O=C(Cn1cnc2ccccc21)NNC(=S)N[C@@H]1O[C@H](CO)[C@@H](O)[C@H](O)[C@H]1O. The number of ether oxygens (including phenoxy) is 1. The Morgan fingerprint density at radius 3 is 2.68 bits per heavy atom. The van der Waals surface area contributed by atoms with E-state index in [9.17, 15) is 25.2 Å². The van der Waals surface area contributed by atoms with Crippen molar-refractivity contribution in [2.75, 3.05) is 6.61 Å². The van der Waals surface area contributed by atoms with Gasteiger partial charge < -0.3 is 35.0 Å². The van der Waals surface area contributed by atoms with Crippen LogP contribution in [0.5, 0.6) is 0 Å². The van der Waals surface area contributed by atoms with E-state index in [0.29, 0.717) is 0 Å². The largest absolute Gasteiger partial charge is 0.394 e. The van der Waals surface area contributed by atoms with E-state index >= 15 is 0 Å². The summed E-state index contributed by atoms with van der Waals surface area (Å²) < 4.78 is 6.93. The van der Waals surface area contributed by atoms with E-state index in [2.05, 4.69) is 21.2 Å². The highest BCUT2D eigenvalue weighted by Gasteiger charge is 2.43. The number of hydrogen-bond acceptors (Lipinski definition) is 8. The third-order valence-corrected chi connectivity index (χ3v) is 4.54. The predicted molar refractivity (Wildman–Crippen MR) is 101 cm³/mol. The highest BCUT2D eigenvalue weighted by Crippen LogP contribution is 2.19. The minimum Gasteiger partial charge on any atom is -0.394 e. The first-order chi connectivity index (χ1) is 13.4. The molecule has 1 amide bonds. The topological polar surface area (TPSA) is 161 Å². The van der Waals surface area contributed by atoms with Crippen molar-refractivity contribution in [2.45, 2.75) is 37.2 Å². The molecule has 0 unspecified atom stereocenters. The Morgan fingerprint density at radius 2 is 1.93 bits per heavy atom. The average Bonchev–Trinajstić information content (AvgIpc) is 3.09. The van der Waals surface area contributed by atoms with Crippen LogP contribution >= 0.6 is 12.2 Å². The van der Waals surface area contributed by atoms with Crippen molar-refractivity contribution in [1.29, 1.82) is 0 Å². The van der Waals surface area contributed by atoms with Crippen molar-refractivity contribution in [3.05, 3.63) is 30.6 Å². The normalized spacial score (nSPS) is 27.4. The molecule has 1 aromatic carbocycles. The number of aliphatic hydroxyl groups excluding tert-OH is 4. The van der Waals surface area contributed by atoms with Crippen molar-refractivity contribution < 1.29 is 30.0 Å². The van der Waals surface area contributed by atoms with Crippen LogP contribution in [-0.4, -0.2) is 78.2 Å². The number of carbonyl (C=O) groups is 1. The van der Waals surface area contributed by atoms with Gasteiger partial charge in [-0.05, 0) is 24.4 Å². The van der Waals surface area contributed by atoms with Gasteiger partial charge in [-0.1, -0.05) is 12.1 Å². The van der Waals surface area contributed by atoms with Gasteiger partial charge in [0.05, 0.1) is 24.0 Å². The highest BCUT2D eigenvalue weighted by molar-refractivity contribution is 7.80. The Morgan fingerprint density at radius 1 is 1.18 bits per heavy atom. The van der Waals surface area contributed by atoms with Gasteiger partial charge in [0.1, 0.15) is 31.0 Å². The quantitative estimate of drug-likeness (QED) is 0.209. The first kappa shape index (κ1) is 20.4. The molecular formula is C16H21N5O6S. The molecule has 0 radical (unpaired) electrons. The molecule has 1 saturated heterocycles. The summed E-state index contributed by atoms with van der Waals surface area (Å²) in [6.07, 6.45) is -5.20. The summed E-state index contributed by atoms with van der Waals surface area (Å²) >= 11 is 5.02. The number of para-hydroxylation sites is 2. The molecule has 0 bridgehead atoms. The molecule has 11 nitrogen and oxygen atoms in total. The highest BCUT2D eigenvalue weighted by atomic mass is 32.1. The summed E-state index contributed by atoms with van der Waals surface area (Å²) in [5.74, 6) is -0.402. The van der Waals surface area contributed by atoms with Crippen LogP contribution in [-0.2, 0) is 16.1 Å². The van der Waals surface area contributed by atoms with E-state index in [1.807, 2.05) is 24.3 Å². The van der Waals surface area contributed by atoms with Gasteiger partial charge in [-0.3, -0.25) is 15.6 Å². The molecule has 1 fully saturated rings. The van der Waals surface area contributed by atoms with Crippen LogP contribution < -0.4 is 16.2 Å². The monoisotopic (exact) mass is 411 g/mol. The number of nitrogens with zero attached hydrogens (tertiary/aromatic N) is 2. The van der Waals surface area contributed by atoms with Gasteiger partial charge in [0.2, 0.25) is 0 Å². The minimum atomic E-state index is -1.53. The fraction of sp³-hybridized carbons (Fsp3) is 0.438. The van der Waals surface area contributed by atoms with Crippen LogP contribution in [0.15, 0.2) is 30.6 Å². The molecule has 5 atom stereocenters. The lowest BCUT2D eigenvalue weighted by Crippen LogP contribution is -2.64. The minimum absolute atomic E-state index is 0.00380. The van der Waals surface area contributed by atoms with Gasteiger partial charge in [-0.15, -0.1) is 0 Å². The number of thiocarbonyl (C=S) groups is 1. The van der Waals surface area contributed by atoms with Gasteiger partial charge >= 0.3 is 0 Å². The third kappa shape index (κ3) is 4.38. The molecular weight excluding hydrogens is 390 g/mol. The Kier molecular flexibility index (Phi) is 6.39. The summed E-state index contributed by atoms with van der Waals surface area (Å²) in [7, 11) is 0. The maximum atomic E-state index is 12.1. The lowest BCUT2D eigenvalue weighted by atomic mass is 9.98. The molecule has 28 heavy (non-hydrogen) atoms. The number of aromatic nitrogens is 2. The number of nitrogens with one attached hydrogen (secondary N) is 3. The van der Waals surface area contributed by atoms with Crippen LogP contribution in [0.4, 0.5) is 0 Å². The summed E-state index contributed by atoms with van der Waals surface area (Å²) in [5, 5.41) is 41.1. The molecule has 0 saturated carbocycles. The Labute approximate surface area is 164 Å². The molecule has 1 aliphatic rings. The van der Waals surface area contributed by atoms with Crippen LogP contribution in [0.1, 0.15) is 0 Å². The number of rotatable bonds is 4. The fourth-order valence-corrected chi connectivity index (χ4v) is 3.01. The number of hydrogen-bond donors (Lipinski definition) is 7. The van der Waals surface area contributed by atoms with E-state index in [4.69, 9.17) is 17.0 Å². The van der Waals surface area contributed by atoms with Gasteiger partial charge in [0, 0.05) is 0 Å². The van der Waals surface area contributed by atoms with Gasteiger partial charge in [0.15, 0.2) is 11.3 Å². The van der Waals surface area contributed by atoms with Gasteiger partial charge in [-0.25, -0.2) is 4.98 Å². The summed E-state index contributed by atoms with van der Waals surface area (Å²) in [4.78, 5) is 16.3. The van der Waals surface area contributed by atoms with Crippen molar-refractivity contribution in [3.63, 3.8) is 0 Å². The fourth-order valence-electron chi connectivity index (χ4n) is 2.84. The smallest absolute Gasteiger partial charge is 0.258 e. The van der Waals surface area contributed by atoms with Crippen molar-refractivity contribution in [2.24, 2.45) is 0 Å². The van der Waals surface area contributed by atoms with Crippen LogP contribution in [0.25, 0.3) is 11.0 Å². The van der Waals surface area contributed by atoms with Crippen molar-refractivity contribution in [1.82, 2.24) is 25.7 Å². The molecule has 1 aromatic heterocycles. The number of fused-ring (bicyclic) bond motifs is 1. The van der Waals surface area contributed by atoms with Crippen LogP contribution in [0.2, 0.25) is 0 Å². The first-order valence-electron chi connectivity index (χ1n) is 8.46. The predicted octanol–water partition coefficient (Wildman–Crippen LogP) is -2.67. The zero-order valence-electron chi connectivity index (χ0n) is 14.6. The lowest BCUT2D eigenvalue weighted by molar-refractivity contribution is -0.232. The Balaban J connectivity index is 1.50. The van der Waals surface area contributed by atoms with Crippen LogP contribution in [0.3, 0.4) is 0 Å². The van der Waals surface area contributed by atoms with Crippen molar-refractivity contribution >= 4 is 34.3 Å². The summed E-state index contributed by atoms with van der Waals surface area (Å²) in [6, 6.07) is 7.37. The molecule has 12 heteroatoms. The molecule has 7 N–H and O–H groups in total. The maximum Gasteiger partial charge on any atom is 0.258 e. The van der Waals surface area contributed by atoms with Gasteiger partial charge in [0.25, 0.3) is 5.91 Å². The number of benzene rings is 1. The third-order valence-electron chi connectivity index (χ3n) is 4.32. The number of imidazole rings is 1. The molecule has 2 aromatic rings. The number of amides is 1. The zero-order chi connectivity index (χ0) is 20.3. The van der Waals surface area contributed by atoms with Gasteiger partial charge in [-0.2, -0.15) is 0 Å². The zero-order valence-corrected chi connectivity index (χ0v) is 15.4. The van der Waals surface area contributed by atoms with E-state index in [1.54, 1.807) is 10.9 Å². The van der Waals surface area contributed by atoms with Crippen LogP contribution in [0, 0.1) is 0 Å². The second-order valence-electron chi connectivity index (χ2n) is 6.26.